The fourth-order valence-electron chi connectivity index (χ4n) is 2.48. The van der Waals surface area contributed by atoms with E-state index in [2.05, 4.69) is 20.3 Å². The second-order valence-electron chi connectivity index (χ2n) is 6.33. The molecule has 2 rings (SSSR count). The lowest BCUT2D eigenvalue weighted by Gasteiger charge is -2.12. The van der Waals surface area contributed by atoms with Crippen molar-refractivity contribution >= 4 is 40.0 Å². The van der Waals surface area contributed by atoms with E-state index < -0.39 is 10.0 Å². The van der Waals surface area contributed by atoms with Crippen LogP contribution in [-0.2, 0) is 23.1 Å². The first-order valence-electron chi connectivity index (χ1n) is 9.18. The number of aliphatic imine (C=N–C) groups is 1. The van der Waals surface area contributed by atoms with E-state index in [1.807, 2.05) is 37.3 Å². The summed E-state index contributed by atoms with van der Waals surface area (Å²) in [5.74, 6) is 0.202. The first-order chi connectivity index (χ1) is 13.4. The van der Waals surface area contributed by atoms with Gasteiger partial charge in [0.2, 0.25) is 10.0 Å². The molecule has 3 N–H and O–H groups in total. The number of guanidine groups is 1. The van der Waals surface area contributed by atoms with Gasteiger partial charge in [-0.1, -0.05) is 42.5 Å². The normalized spacial score (nSPS) is 11.6. The van der Waals surface area contributed by atoms with E-state index in [4.69, 9.17) is 0 Å². The number of nitrogens with one attached hydrogen (secondary N) is 3. The smallest absolute Gasteiger partial charge is 0.213 e. The van der Waals surface area contributed by atoms with Crippen molar-refractivity contribution in [3.8, 4) is 0 Å². The number of benzene rings is 2. The molecule has 0 aromatic heterocycles. The maximum Gasteiger partial charge on any atom is 0.213 e. The molecular formula is C20H28FIN4O2S. The van der Waals surface area contributed by atoms with Crippen LogP contribution in [0.3, 0.4) is 0 Å². The predicted octanol–water partition coefficient (Wildman–Crippen LogP) is 2.93. The number of hydrogen-bond donors (Lipinski definition) is 3. The molecule has 0 unspecified atom stereocenters. The molecule has 0 spiro atoms. The molecule has 0 amide bonds. The van der Waals surface area contributed by atoms with Gasteiger partial charge >= 0.3 is 0 Å². The van der Waals surface area contributed by atoms with Gasteiger partial charge in [-0.2, -0.15) is 0 Å². The van der Waals surface area contributed by atoms with E-state index in [9.17, 15) is 12.8 Å². The topological polar surface area (TPSA) is 82.6 Å². The van der Waals surface area contributed by atoms with E-state index in [-0.39, 0.29) is 48.6 Å². The Morgan fingerprint density at radius 1 is 1.07 bits per heavy atom. The zero-order valence-corrected chi connectivity index (χ0v) is 19.8. The Labute approximate surface area is 189 Å². The van der Waals surface area contributed by atoms with E-state index in [0.29, 0.717) is 24.6 Å². The number of hydrogen-bond acceptors (Lipinski definition) is 3. The molecule has 160 valence electrons. The molecule has 0 heterocycles. The highest BCUT2D eigenvalue weighted by Crippen LogP contribution is 2.10. The predicted molar refractivity (Wildman–Crippen MR) is 126 cm³/mol. The number of nitrogens with zero attached hydrogens (tertiary/aromatic N) is 1. The summed E-state index contributed by atoms with van der Waals surface area (Å²) >= 11 is 0. The van der Waals surface area contributed by atoms with Gasteiger partial charge in [-0.25, -0.2) is 22.5 Å². The molecule has 9 heteroatoms. The van der Waals surface area contributed by atoms with Gasteiger partial charge in [-0.3, -0.25) is 0 Å². The average molecular weight is 534 g/mol. The van der Waals surface area contributed by atoms with Crippen molar-refractivity contribution in [3.05, 3.63) is 71.0 Å². The zero-order valence-electron chi connectivity index (χ0n) is 16.6. The molecule has 0 fully saturated rings. The van der Waals surface area contributed by atoms with Crippen LogP contribution in [0, 0.1) is 12.7 Å². The van der Waals surface area contributed by atoms with Crippen LogP contribution in [0.2, 0.25) is 0 Å². The molecule has 0 atom stereocenters. The summed E-state index contributed by atoms with van der Waals surface area (Å²) in [4.78, 5) is 4.42. The Morgan fingerprint density at radius 2 is 1.79 bits per heavy atom. The van der Waals surface area contributed by atoms with Crippen molar-refractivity contribution in [2.75, 3.05) is 18.8 Å². The monoisotopic (exact) mass is 534 g/mol. The number of aryl methyl sites for hydroxylation is 1. The highest BCUT2D eigenvalue weighted by molar-refractivity contribution is 14.0. The molecule has 29 heavy (non-hydrogen) atoms. The Kier molecular flexibility index (Phi) is 11.1. The van der Waals surface area contributed by atoms with E-state index in [1.165, 1.54) is 6.07 Å². The molecule has 0 saturated heterocycles. The van der Waals surface area contributed by atoms with Gasteiger partial charge in [0.15, 0.2) is 5.96 Å². The lowest BCUT2D eigenvalue weighted by Crippen LogP contribution is -2.41. The number of sulfonamides is 1. The van der Waals surface area contributed by atoms with E-state index >= 15 is 0 Å². The van der Waals surface area contributed by atoms with Gasteiger partial charge in [0.05, 0.1) is 12.3 Å². The average Bonchev–Trinajstić information content (AvgIpc) is 2.68. The van der Waals surface area contributed by atoms with Crippen molar-refractivity contribution in [1.29, 1.82) is 0 Å². The van der Waals surface area contributed by atoms with Gasteiger partial charge in [0.1, 0.15) is 5.82 Å². The quantitative estimate of drug-likeness (QED) is 0.263. The fraction of sp³-hybridized carbons (Fsp3) is 0.350. The summed E-state index contributed by atoms with van der Waals surface area (Å²) in [7, 11) is -3.40. The molecular weight excluding hydrogens is 506 g/mol. The molecule has 0 bridgehead atoms. The second-order valence-corrected chi connectivity index (χ2v) is 8.26. The van der Waals surface area contributed by atoms with Crippen molar-refractivity contribution < 1.29 is 12.8 Å². The standard InChI is InChI=1S/C20H27FN4O2S.HI/c1-3-22-20(24-14-18-9-10-19(21)16(2)13-18)23-11-12-28(26,27)25-15-17-7-5-4-6-8-17;/h4-10,13,25H,3,11-12,14-15H2,1-2H3,(H2,22,23,24);1H. The lowest BCUT2D eigenvalue weighted by atomic mass is 10.1. The Bertz CT molecular complexity index is 893. The maximum atomic E-state index is 13.3. The summed E-state index contributed by atoms with van der Waals surface area (Å²) in [5.41, 5.74) is 2.36. The Balaban J connectivity index is 0.00000420. The minimum atomic E-state index is -3.40. The molecule has 0 aliphatic carbocycles. The van der Waals surface area contributed by atoms with Gasteiger partial charge in [0, 0.05) is 19.6 Å². The summed E-state index contributed by atoms with van der Waals surface area (Å²) in [6.45, 7) is 5.14. The Morgan fingerprint density at radius 3 is 2.45 bits per heavy atom. The molecule has 0 radical (unpaired) electrons. The summed E-state index contributed by atoms with van der Waals surface area (Å²) in [6, 6.07) is 14.2. The summed E-state index contributed by atoms with van der Waals surface area (Å²) < 4.78 is 40.2. The first-order valence-corrected chi connectivity index (χ1v) is 10.8. The van der Waals surface area contributed by atoms with E-state index in [1.54, 1.807) is 19.1 Å². The van der Waals surface area contributed by atoms with Crippen LogP contribution in [0.15, 0.2) is 53.5 Å². The van der Waals surface area contributed by atoms with Crippen LogP contribution in [0.1, 0.15) is 23.6 Å². The molecule has 6 nitrogen and oxygen atoms in total. The minimum Gasteiger partial charge on any atom is -0.357 e. The highest BCUT2D eigenvalue weighted by Gasteiger charge is 2.10. The minimum absolute atomic E-state index is 0. The highest BCUT2D eigenvalue weighted by atomic mass is 127. The molecule has 0 saturated carbocycles. The van der Waals surface area contributed by atoms with Crippen LogP contribution in [0.25, 0.3) is 0 Å². The van der Waals surface area contributed by atoms with Crippen LogP contribution in [0.5, 0.6) is 0 Å². The van der Waals surface area contributed by atoms with Crippen LogP contribution >= 0.6 is 24.0 Å². The van der Waals surface area contributed by atoms with Gasteiger partial charge in [-0.05, 0) is 36.6 Å². The lowest BCUT2D eigenvalue weighted by molar-refractivity contribution is 0.580. The zero-order chi connectivity index (χ0) is 20.4. The third kappa shape index (κ3) is 9.55. The molecule has 2 aromatic carbocycles. The van der Waals surface area contributed by atoms with Crippen molar-refractivity contribution in [1.82, 2.24) is 15.4 Å². The Hall–Kier alpha value is -1.72. The largest absolute Gasteiger partial charge is 0.357 e. The van der Waals surface area contributed by atoms with E-state index in [0.717, 1.165) is 11.1 Å². The third-order valence-corrected chi connectivity index (χ3v) is 5.31. The first kappa shape index (κ1) is 25.3. The second kappa shape index (κ2) is 12.8. The van der Waals surface area contributed by atoms with Gasteiger partial charge in [0.25, 0.3) is 0 Å². The number of halogens is 2. The summed E-state index contributed by atoms with van der Waals surface area (Å²) in [6.07, 6.45) is 0. The SMILES string of the molecule is CCNC(=NCc1ccc(F)c(C)c1)NCCS(=O)(=O)NCc1ccccc1.I. The van der Waals surface area contributed by atoms with Crippen molar-refractivity contribution in [2.24, 2.45) is 4.99 Å². The molecule has 0 aliphatic rings. The van der Waals surface area contributed by atoms with Crippen LogP contribution in [-0.4, -0.2) is 33.2 Å². The van der Waals surface area contributed by atoms with Gasteiger partial charge < -0.3 is 10.6 Å². The maximum absolute atomic E-state index is 13.3. The van der Waals surface area contributed by atoms with Crippen molar-refractivity contribution in [2.45, 2.75) is 26.9 Å². The van der Waals surface area contributed by atoms with Crippen LogP contribution < -0.4 is 15.4 Å². The number of rotatable bonds is 9. The third-order valence-electron chi connectivity index (χ3n) is 3.99. The van der Waals surface area contributed by atoms with Gasteiger partial charge in [-0.15, -0.1) is 24.0 Å². The van der Waals surface area contributed by atoms with Crippen molar-refractivity contribution in [3.63, 3.8) is 0 Å². The molecule has 2 aromatic rings. The fourth-order valence-corrected chi connectivity index (χ4v) is 3.38. The molecule has 0 aliphatic heterocycles. The van der Waals surface area contributed by atoms with Crippen LogP contribution in [0.4, 0.5) is 4.39 Å². The summed E-state index contributed by atoms with van der Waals surface area (Å²) in [5, 5.41) is 6.09.